The Kier molecular flexibility index (Phi) is 9.67. The summed E-state index contributed by atoms with van der Waals surface area (Å²) < 4.78 is 21.9. The molecule has 2 amide bonds. The van der Waals surface area contributed by atoms with Gasteiger partial charge in [0.05, 0.1) is 56.9 Å². The van der Waals surface area contributed by atoms with Crippen molar-refractivity contribution in [3.63, 3.8) is 0 Å². The van der Waals surface area contributed by atoms with E-state index in [0.717, 1.165) is 49.5 Å². The normalized spacial score (nSPS) is 12.6. The smallest absolute Gasteiger partial charge is 0.275 e. The van der Waals surface area contributed by atoms with Gasteiger partial charge in [-0.2, -0.15) is 0 Å². The molecule has 11 heteroatoms. The molecule has 0 unspecified atom stereocenters. The third-order valence-corrected chi connectivity index (χ3v) is 8.42. The zero-order valence-electron chi connectivity index (χ0n) is 27.3. The third-order valence-electron chi connectivity index (χ3n) is 8.42. The maximum atomic E-state index is 13.6. The topological polar surface area (TPSA) is 124 Å². The lowest BCUT2D eigenvalue weighted by Crippen LogP contribution is -2.32. The predicted octanol–water partition coefficient (Wildman–Crippen LogP) is 5.77. The molecule has 2 N–H and O–H groups in total. The second-order valence-corrected chi connectivity index (χ2v) is 11.4. The summed E-state index contributed by atoms with van der Waals surface area (Å²) in [5.41, 5.74) is 6.12. The Bertz CT molecular complexity index is 1960. The van der Waals surface area contributed by atoms with Crippen LogP contribution in [-0.2, 0) is 19.4 Å². The molecule has 0 saturated heterocycles. The van der Waals surface area contributed by atoms with E-state index in [2.05, 4.69) is 37.6 Å². The number of ether oxygens (including phenoxy) is 4. The van der Waals surface area contributed by atoms with E-state index in [9.17, 15) is 9.59 Å². The van der Waals surface area contributed by atoms with Gasteiger partial charge in [0.1, 0.15) is 5.69 Å². The largest absolute Gasteiger partial charge is 0.493 e. The number of carbonyl (C=O) groups is 2. The molecule has 0 radical (unpaired) electrons. The Morgan fingerprint density at radius 2 is 1.40 bits per heavy atom. The lowest BCUT2D eigenvalue weighted by molar-refractivity contribution is 0.102. The van der Waals surface area contributed by atoms with Gasteiger partial charge in [-0.05, 0) is 72.0 Å². The highest BCUT2D eigenvalue weighted by molar-refractivity contribution is 6.12. The van der Waals surface area contributed by atoms with Gasteiger partial charge >= 0.3 is 0 Å². The SMILES string of the molecule is COc1cc2c(cc1OC)CN(CCc1ccc(NC(=O)c3cc(OC)c(OC)cc3NC(=O)c3cnc4ccccc4n3)cc1)CC2. The van der Waals surface area contributed by atoms with E-state index in [-0.39, 0.29) is 16.9 Å². The molecule has 11 nitrogen and oxygen atoms in total. The summed E-state index contributed by atoms with van der Waals surface area (Å²) in [6, 6.07) is 22.3. The van der Waals surface area contributed by atoms with Crippen LogP contribution < -0.4 is 29.6 Å². The second-order valence-electron chi connectivity index (χ2n) is 11.4. The number of para-hydroxylation sites is 2. The summed E-state index contributed by atoms with van der Waals surface area (Å²) in [7, 11) is 6.29. The summed E-state index contributed by atoms with van der Waals surface area (Å²) >= 11 is 0. The van der Waals surface area contributed by atoms with Crippen LogP contribution in [0.1, 0.15) is 37.5 Å². The van der Waals surface area contributed by atoms with Crippen molar-refractivity contribution < 1.29 is 28.5 Å². The van der Waals surface area contributed by atoms with Crippen LogP contribution in [0.2, 0.25) is 0 Å². The number of benzene rings is 4. The van der Waals surface area contributed by atoms with E-state index >= 15 is 0 Å². The van der Waals surface area contributed by atoms with E-state index in [4.69, 9.17) is 18.9 Å². The standard InChI is InChI=1S/C37H37N5O6/c1-45-32-17-24-14-16-42(22-25(24)18-33(32)46-2)15-13-23-9-11-26(12-10-23)39-36(43)27-19-34(47-3)35(48-4)20-30(27)41-37(44)31-21-38-28-7-5-6-8-29(28)40-31/h5-12,17-21H,13-16,22H2,1-4H3,(H,39,43)(H,41,44). The average Bonchev–Trinajstić information content (AvgIpc) is 3.13. The number of carbonyl (C=O) groups excluding carboxylic acids is 2. The molecule has 0 aliphatic carbocycles. The summed E-state index contributed by atoms with van der Waals surface area (Å²) in [6.07, 6.45) is 3.22. The van der Waals surface area contributed by atoms with Gasteiger partial charge in [0.2, 0.25) is 0 Å². The van der Waals surface area contributed by atoms with Gasteiger partial charge in [0.25, 0.3) is 11.8 Å². The van der Waals surface area contributed by atoms with Crippen molar-refractivity contribution in [3.05, 3.63) is 107 Å². The van der Waals surface area contributed by atoms with Crippen LogP contribution in [-0.4, -0.2) is 68.2 Å². The van der Waals surface area contributed by atoms with Gasteiger partial charge in [-0.15, -0.1) is 0 Å². The molecular weight excluding hydrogens is 610 g/mol. The third kappa shape index (κ3) is 7.01. The lowest BCUT2D eigenvalue weighted by atomic mass is 9.98. The van der Waals surface area contributed by atoms with Gasteiger partial charge in [0.15, 0.2) is 23.0 Å². The van der Waals surface area contributed by atoms with Gasteiger partial charge in [-0.3, -0.25) is 19.5 Å². The van der Waals surface area contributed by atoms with Crippen LogP contribution >= 0.6 is 0 Å². The van der Waals surface area contributed by atoms with Gasteiger partial charge < -0.3 is 29.6 Å². The molecule has 1 aliphatic rings. The Morgan fingerprint density at radius 1 is 0.750 bits per heavy atom. The van der Waals surface area contributed by atoms with Gasteiger partial charge in [-0.25, -0.2) is 4.98 Å². The Balaban J connectivity index is 1.12. The molecule has 0 saturated carbocycles. The quantitative estimate of drug-likeness (QED) is 0.184. The number of hydrogen-bond donors (Lipinski definition) is 2. The fourth-order valence-electron chi connectivity index (χ4n) is 5.80. The fourth-order valence-corrected chi connectivity index (χ4v) is 5.80. The van der Waals surface area contributed by atoms with Crippen molar-refractivity contribution >= 4 is 34.2 Å². The molecule has 246 valence electrons. The molecule has 4 aromatic carbocycles. The van der Waals surface area contributed by atoms with Crippen molar-refractivity contribution in [1.29, 1.82) is 0 Å². The first-order valence-corrected chi connectivity index (χ1v) is 15.5. The number of amides is 2. The van der Waals surface area contributed by atoms with Crippen molar-refractivity contribution in [1.82, 2.24) is 14.9 Å². The molecule has 0 spiro atoms. The lowest BCUT2D eigenvalue weighted by Gasteiger charge is -2.29. The molecule has 0 fully saturated rings. The minimum absolute atomic E-state index is 0.110. The maximum absolute atomic E-state index is 13.6. The molecule has 2 heterocycles. The Labute approximate surface area is 278 Å². The van der Waals surface area contributed by atoms with Crippen molar-refractivity contribution in [2.75, 3.05) is 52.2 Å². The number of hydrogen-bond acceptors (Lipinski definition) is 9. The number of nitrogens with zero attached hydrogens (tertiary/aromatic N) is 3. The maximum Gasteiger partial charge on any atom is 0.275 e. The number of fused-ring (bicyclic) bond motifs is 2. The summed E-state index contributed by atoms with van der Waals surface area (Å²) in [5.74, 6) is 1.27. The van der Waals surface area contributed by atoms with Gasteiger partial charge in [-0.1, -0.05) is 24.3 Å². The molecule has 0 atom stereocenters. The molecule has 1 aliphatic heterocycles. The van der Waals surface area contributed by atoms with Crippen LogP contribution in [0.15, 0.2) is 79.0 Å². The first-order valence-electron chi connectivity index (χ1n) is 15.5. The van der Waals surface area contributed by atoms with E-state index in [1.807, 2.05) is 42.5 Å². The van der Waals surface area contributed by atoms with Crippen molar-refractivity contribution in [2.45, 2.75) is 19.4 Å². The number of anilines is 2. The minimum atomic E-state index is -0.519. The highest BCUT2D eigenvalue weighted by atomic mass is 16.5. The van der Waals surface area contributed by atoms with Crippen LogP contribution in [0.3, 0.4) is 0 Å². The molecule has 6 rings (SSSR count). The average molecular weight is 648 g/mol. The van der Waals surface area contributed by atoms with E-state index in [1.54, 1.807) is 26.4 Å². The molecule has 0 bridgehead atoms. The second kappa shape index (κ2) is 14.4. The highest BCUT2D eigenvalue weighted by Gasteiger charge is 2.22. The van der Waals surface area contributed by atoms with Crippen LogP contribution in [0, 0.1) is 0 Å². The van der Waals surface area contributed by atoms with Crippen molar-refractivity contribution in [2.24, 2.45) is 0 Å². The number of aromatic nitrogens is 2. The van der Waals surface area contributed by atoms with E-state index in [0.29, 0.717) is 28.2 Å². The summed E-state index contributed by atoms with van der Waals surface area (Å²) in [6.45, 7) is 2.71. The van der Waals surface area contributed by atoms with E-state index < -0.39 is 11.8 Å². The van der Waals surface area contributed by atoms with E-state index in [1.165, 1.54) is 37.6 Å². The number of methoxy groups -OCH3 is 4. The minimum Gasteiger partial charge on any atom is -0.493 e. The Morgan fingerprint density at radius 3 is 2.10 bits per heavy atom. The first kappa shape index (κ1) is 32.3. The first-order chi connectivity index (χ1) is 23.4. The molecule has 48 heavy (non-hydrogen) atoms. The highest BCUT2D eigenvalue weighted by Crippen LogP contribution is 2.35. The van der Waals surface area contributed by atoms with Crippen LogP contribution in [0.25, 0.3) is 11.0 Å². The fraction of sp³-hybridized carbons (Fsp3) is 0.243. The molecule has 5 aromatic rings. The predicted molar refractivity (Wildman–Crippen MR) is 184 cm³/mol. The molecule has 1 aromatic heterocycles. The summed E-state index contributed by atoms with van der Waals surface area (Å²) in [5, 5.41) is 5.75. The van der Waals surface area contributed by atoms with Crippen molar-refractivity contribution in [3.8, 4) is 23.0 Å². The zero-order chi connectivity index (χ0) is 33.6. The summed E-state index contributed by atoms with van der Waals surface area (Å²) in [4.78, 5) is 38.0. The molecular formula is C37H37N5O6. The monoisotopic (exact) mass is 647 g/mol. The zero-order valence-corrected chi connectivity index (χ0v) is 27.3. The Hall–Kier alpha value is -5.68. The van der Waals surface area contributed by atoms with Gasteiger partial charge in [0, 0.05) is 31.4 Å². The van der Waals surface area contributed by atoms with Crippen LogP contribution in [0.5, 0.6) is 23.0 Å². The number of nitrogens with one attached hydrogen (secondary N) is 2. The number of rotatable bonds is 11. The van der Waals surface area contributed by atoms with Crippen LogP contribution in [0.4, 0.5) is 11.4 Å².